The van der Waals surface area contributed by atoms with Crippen molar-refractivity contribution in [2.24, 2.45) is 0 Å². The summed E-state index contributed by atoms with van der Waals surface area (Å²) in [5.74, 6) is -1.13. The number of hydrogen-bond acceptors (Lipinski definition) is 3. The van der Waals surface area contributed by atoms with Gasteiger partial charge in [-0.25, -0.2) is 9.59 Å². The summed E-state index contributed by atoms with van der Waals surface area (Å²) in [6.45, 7) is 1.11. The van der Waals surface area contributed by atoms with Crippen LogP contribution < -0.4 is 10.6 Å². The summed E-state index contributed by atoms with van der Waals surface area (Å²) < 4.78 is 5.38. The molecule has 1 aliphatic heterocycles. The maximum absolute atomic E-state index is 11.7. The van der Waals surface area contributed by atoms with Crippen molar-refractivity contribution in [1.29, 1.82) is 0 Å². The predicted molar refractivity (Wildman–Crippen MR) is 74.4 cm³/mol. The minimum absolute atomic E-state index is 0.0123. The Bertz CT molecular complexity index is 515. The van der Waals surface area contributed by atoms with Crippen molar-refractivity contribution in [3.63, 3.8) is 0 Å². The summed E-state index contributed by atoms with van der Waals surface area (Å²) in [7, 11) is 0. The highest BCUT2D eigenvalue weighted by atomic mass is 35.5. The maximum Gasteiger partial charge on any atom is 0.337 e. The molecule has 1 saturated heterocycles. The molecule has 108 valence electrons. The van der Waals surface area contributed by atoms with Gasteiger partial charge in [0, 0.05) is 18.2 Å². The third-order valence-electron chi connectivity index (χ3n) is 2.97. The first-order valence-electron chi connectivity index (χ1n) is 6.25. The first-order chi connectivity index (χ1) is 9.56. The van der Waals surface area contributed by atoms with Crippen LogP contribution >= 0.6 is 11.6 Å². The van der Waals surface area contributed by atoms with E-state index in [9.17, 15) is 9.59 Å². The number of amides is 2. The zero-order chi connectivity index (χ0) is 14.5. The number of aromatic carboxylic acids is 1. The van der Waals surface area contributed by atoms with Crippen LogP contribution in [0.1, 0.15) is 23.2 Å². The number of carbonyl (C=O) groups is 2. The third-order valence-corrected chi connectivity index (χ3v) is 3.21. The highest BCUT2D eigenvalue weighted by Gasteiger charge is 2.17. The van der Waals surface area contributed by atoms with Crippen LogP contribution in [-0.2, 0) is 4.74 Å². The number of carboxylic acid groups (broad SMARTS) is 1. The van der Waals surface area contributed by atoms with Gasteiger partial charge in [0.15, 0.2) is 0 Å². The molecule has 2 amide bonds. The Morgan fingerprint density at radius 3 is 2.90 bits per heavy atom. The number of benzene rings is 1. The number of ether oxygens (including phenoxy) is 1. The second-order valence-corrected chi connectivity index (χ2v) is 4.90. The van der Waals surface area contributed by atoms with Crippen molar-refractivity contribution in [2.45, 2.75) is 18.9 Å². The van der Waals surface area contributed by atoms with Crippen LogP contribution in [0.4, 0.5) is 10.5 Å². The highest BCUT2D eigenvalue weighted by Crippen LogP contribution is 2.21. The molecule has 0 spiro atoms. The minimum Gasteiger partial charge on any atom is -0.478 e. The number of hydrogen-bond donors (Lipinski definition) is 3. The summed E-state index contributed by atoms with van der Waals surface area (Å²) >= 11 is 5.80. The lowest BCUT2D eigenvalue weighted by Crippen LogP contribution is -2.35. The van der Waals surface area contributed by atoms with E-state index in [1.807, 2.05) is 0 Å². The fourth-order valence-electron chi connectivity index (χ4n) is 1.98. The van der Waals surface area contributed by atoms with E-state index in [2.05, 4.69) is 10.6 Å². The Morgan fingerprint density at radius 1 is 1.45 bits per heavy atom. The van der Waals surface area contributed by atoms with Gasteiger partial charge < -0.3 is 20.5 Å². The summed E-state index contributed by atoms with van der Waals surface area (Å²) in [5, 5.41) is 14.5. The number of carbonyl (C=O) groups excluding carboxylic acids is 1. The van der Waals surface area contributed by atoms with Gasteiger partial charge in [-0.15, -0.1) is 0 Å². The van der Waals surface area contributed by atoms with Crippen LogP contribution in [0.3, 0.4) is 0 Å². The lowest BCUT2D eigenvalue weighted by Gasteiger charge is -2.13. The van der Waals surface area contributed by atoms with Crippen molar-refractivity contribution < 1.29 is 19.4 Å². The molecule has 1 atom stereocenters. The fourth-order valence-corrected chi connectivity index (χ4v) is 2.16. The molecule has 3 N–H and O–H groups in total. The van der Waals surface area contributed by atoms with Crippen LogP contribution in [0.2, 0.25) is 5.02 Å². The zero-order valence-electron chi connectivity index (χ0n) is 10.7. The number of halogens is 1. The first-order valence-corrected chi connectivity index (χ1v) is 6.63. The predicted octanol–water partition coefficient (Wildman–Crippen LogP) is 2.34. The van der Waals surface area contributed by atoms with E-state index in [0.717, 1.165) is 12.8 Å². The molecule has 2 rings (SSSR count). The summed E-state index contributed by atoms with van der Waals surface area (Å²) in [6, 6.07) is 3.72. The lowest BCUT2D eigenvalue weighted by molar-refractivity contribution is 0.0698. The third kappa shape index (κ3) is 3.85. The summed E-state index contributed by atoms with van der Waals surface area (Å²) in [6.07, 6.45) is 1.93. The monoisotopic (exact) mass is 298 g/mol. The molecule has 1 fully saturated rings. The second kappa shape index (κ2) is 6.58. The summed E-state index contributed by atoms with van der Waals surface area (Å²) in [4.78, 5) is 22.8. The molecule has 7 heteroatoms. The molecular weight excluding hydrogens is 284 g/mol. The molecule has 1 heterocycles. The summed E-state index contributed by atoms with van der Waals surface area (Å²) in [5.41, 5.74) is 0.150. The molecular formula is C13H15ClN2O4. The normalized spacial score (nSPS) is 17.8. The molecule has 1 aliphatic rings. The van der Waals surface area contributed by atoms with E-state index in [1.54, 1.807) is 0 Å². The smallest absolute Gasteiger partial charge is 0.337 e. The molecule has 0 aromatic heterocycles. The maximum atomic E-state index is 11.7. The van der Waals surface area contributed by atoms with Crippen molar-refractivity contribution in [2.75, 3.05) is 18.5 Å². The van der Waals surface area contributed by atoms with Gasteiger partial charge in [-0.3, -0.25) is 0 Å². The highest BCUT2D eigenvalue weighted by molar-refractivity contribution is 6.31. The van der Waals surface area contributed by atoms with Gasteiger partial charge in [-0.2, -0.15) is 0 Å². The molecule has 0 bridgehead atoms. The van der Waals surface area contributed by atoms with Crippen LogP contribution in [-0.4, -0.2) is 36.4 Å². The van der Waals surface area contributed by atoms with Crippen molar-refractivity contribution >= 4 is 29.3 Å². The van der Waals surface area contributed by atoms with Crippen LogP contribution in [0.5, 0.6) is 0 Å². The van der Waals surface area contributed by atoms with Gasteiger partial charge in [0.2, 0.25) is 0 Å². The van der Waals surface area contributed by atoms with Gasteiger partial charge in [-0.05, 0) is 31.0 Å². The Balaban J connectivity index is 1.96. The van der Waals surface area contributed by atoms with E-state index in [0.29, 0.717) is 18.2 Å². The van der Waals surface area contributed by atoms with Gasteiger partial charge >= 0.3 is 12.0 Å². The Hall–Kier alpha value is -1.79. The molecule has 0 radical (unpaired) electrons. The molecule has 0 saturated carbocycles. The quantitative estimate of drug-likeness (QED) is 0.796. The zero-order valence-corrected chi connectivity index (χ0v) is 11.4. The van der Waals surface area contributed by atoms with Crippen molar-refractivity contribution in [3.05, 3.63) is 28.8 Å². The standard InChI is InChI=1S/C13H15ClN2O4/c14-8-3-4-10(12(17)18)11(6-8)16-13(19)15-7-9-2-1-5-20-9/h3-4,6,9H,1-2,5,7H2,(H,17,18)(H2,15,16,19). The Morgan fingerprint density at radius 2 is 2.25 bits per heavy atom. The first kappa shape index (κ1) is 14.6. The van der Waals surface area contributed by atoms with E-state index in [1.165, 1.54) is 18.2 Å². The molecule has 6 nitrogen and oxygen atoms in total. The van der Waals surface area contributed by atoms with Crippen LogP contribution in [0.15, 0.2) is 18.2 Å². The average molecular weight is 299 g/mol. The molecule has 1 aromatic carbocycles. The van der Waals surface area contributed by atoms with E-state index >= 15 is 0 Å². The van der Waals surface area contributed by atoms with Gasteiger partial charge in [0.25, 0.3) is 0 Å². The SMILES string of the molecule is O=C(NCC1CCCO1)Nc1cc(Cl)ccc1C(=O)O. The Labute approximate surface area is 121 Å². The average Bonchev–Trinajstić information content (AvgIpc) is 2.89. The molecule has 1 aromatic rings. The molecule has 1 unspecified atom stereocenters. The second-order valence-electron chi connectivity index (χ2n) is 4.47. The Kier molecular flexibility index (Phi) is 4.81. The molecule has 0 aliphatic carbocycles. The number of carboxylic acids is 1. The van der Waals surface area contributed by atoms with Crippen LogP contribution in [0.25, 0.3) is 0 Å². The fraction of sp³-hybridized carbons (Fsp3) is 0.385. The number of nitrogens with one attached hydrogen (secondary N) is 2. The minimum atomic E-state index is -1.13. The van der Waals surface area contributed by atoms with E-state index < -0.39 is 12.0 Å². The van der Waals surface area contributed by atoms with Gasteiger partial charge in [0.1, 0.15) is 0 Å². The molecule has 20 heavy (non-hydrogen) atoms. The van der Waals surface area contributed by atoms with E-state index in [-0.39, 0.29) is 17.4 Å². The lowest BCUT2D eigenvalue weighted by atomic mass is 10.2. The van der Waals surface area contributed by atoms with E-state index in [4.69, 9.17) is 21.4 Å². The van der Waals surface area contributed by atoms with Crippen molar-refractivity contribution in [3.8, 4) is 0 Å². The number of anilines is 1. The van der Waals surface area contributed by atoms with Gasteiger partial charge in [0.05, 0.1) is 17.4 Å². The topological polar surface area (TPSA) is 87.7 Å². The van der Waals surface area contributed by atoms with Crippen molar-refractivity contribution in [1.82, 2.24) is 5.32 Å². The van der Waals surface area contributed by atoms with Gasteiger partial charge in [-0.1, -0.05) is 11.6 Å². The number of rotatable bonds is 4. The van der Waals surface area contributed by atoms with Crippen LogP contribution in [0, 0.1) is 0 Å². The number of urea groups is 1. The largest absolute Gasteiger partial charge is 0.478 e.